The fraction of sp³-hybridized carbons (Fsp3) is 0.562. The summed E-state index contributed by atoms with van der Waals surface area (Å²) in [6, 6.07) is 6.52. The van der Waals surface area contributed by atoms with Crippen molar-refractivity contribution in [3.63, 3.8) is 0 Å². The zero-order valence-corrected chi connectivity index (χ0v) is 15.9. The molecule has 1 aromatic carbocycles. The summed E-state index contributed by atoms with van der Waals surface area (Å²) in [6.07, 6.45) is 1.72. The molecule has 1 fully saturated rings. The summed E-state index contributed by atoms with van der Waals surface area (Å²) >= 11 is 0. The van der Waals surface area contributed by atoms with Crippen molar-refractivity contribution in [3.05, 3.63) is 29.8 Å². The number of rotatable bonds is 5. The lowest BCUT2D eigenvalue weighted by molar-refractivity contribution is -0.126. The van der Waals surface area contributed by atoms with Crippen LogP contribution in [0.2, 0.25) is 0 Å². The zero-order chi connectivity index (χ0) is 17.0. The zero-order valence-electron chi connectivity index (χ0n) is 14.3. The molecule has 0 aromatic heterocycles. The molecule has 1 aliphatic heterocycles. The van der Waals surface area contributed by atoms with Crippen LogP contribution in [0.3, 0.4) is 0 Å². The minimum absolute atomic E-state index is 0. The van der Waals surface area contributed by atoms with Gasteiger partial charge in [-0.3, -0.25) is 4.79 Å². The Labute approximate surface area is 150 Å². The third-order valence-corrected chi connectivity index (χ3v) is 6.06. The molecule has 1 aromatic rings. The standard InChI is InChI=1S/C16H25N3O3S.ClH/c1-12(18-16(20)14-8-10-17-11-9-14)13-4-6-15(7-5-13)23(21,22)19(2)3;/h4-7,12,14,17H,8-11H2,1-3H3,(H,18,20);1H. The number of benzene rings is 1. The van der Waals surface area contributed by atoms with E-state index in [2.05, 4.69) is 10.6 Å². The highest BCUT2D eigenvalue weighted by molar-refractivity contribution is 7.89. The molecule has 0 saturated carbocycles. The molecule has 1 atom stereocenters. The van der Waals surface area contributed by atoms with Gasteiger partial charge < -0.3 is 10.6 Å². The van der Waals surface area contributed by atoms with Gasteiger partial charge in [0.1, 0.15) is 0 Å². The molecule has 1 aliphatic rings. The van der Waals surface area contributed by atoms with Crippen molar-refractivity contribution < 1.29 is 13.2 Å². The molecule has 0 bridgehead atoms. The van der Waals surface area contributed by atoms with Gasteiger partial charge in [0.05, 0.1) is 10.9 Å². The molecule has 0 spiro atoms. The highest BCUT2D eigenvalue weighted by Crippen LogP contribution is 2.19. The van der Waals surface area contributed by atoms with Gasteiger partial charge in [-0.1, -0.05) is 12.1 Å². The summed E-state index contributed by atoms with van der Waals surface area (Å²) in [5.74, 6) is 0.135. The lowest BCUT2D eigenvalue weighted by atomic mass is 9.96. The average molecular weight is 376 g/mol. The van der Waals surface area contributed by atoms with Gasteiger partial charge in [0.2, 0.25) is 15.9 Å². The van der Waals surface area contributed by atoms with Gasteiger partial charge in [-0.25, -0.2) is 12.7 Å². The van der Waals surface area contributed by atoms with Crippen LogP contribution in [0.25, 0.3) is 0 Å². The lowest BCUT2D eigenvalue weighted by Crippen LogP contribution is -2.39. The molecular formula is C16H26ClN3O3S. The summed E-state index contributed by atoms with van der Waals surface area (Å²) < 4.78 is 25.3. The van der Waals surface area contributed by atoms with Crippen LogP contribution >= 0.6 is 12.4 Å². The Kier molecular flexibility index (Phi) is 7.66. The normalized spacial score (nSPS) is 17.2. The Balaban J connectivity index is 0.00000288. The van der Waals surface area contributed by atoms with E-state index in [-0.39, 0.29) is 35.2 Å². The van der Waals surface area contributed by atoms with Crippen molar-refractivity contribution in [2.24, 2.45) is 5.92 Å². The van der Waals surface area contributed by atoms with Crippen LogP contribution in [-0.4, -0.2) is 45.8 Å². The van der Waals surface area contributed by atoms with Crippen LogP contribution in [0.5, 0.6) is 0 Å². The minimum atomic E-state index is -3.42. The molecule has 8 heteroatoms. The molecule has 1 unspecified atom stereocenters. The summed E-state index contributed by atoms with van der Waals surface area (Å²) in [7, 11) is -0.410. The number of piperidine rings is 1. The molecule has 0 radical (unpaired) electrons. The van der Waals surface area contributed by atoms with Gasteiger partial charge in [-0.05, 0) is 50.6 Å². The van der Waals surface area contributed by atoms with Crippen molar-refractivity contribution in [3.8, 4) is 0 Å². The van der Waals surface area contributed by atoms with E-state index in [0.29, 0.717) is 0 Å². The molecule has 1 heterocycles. The fourth-order valence-corrected chi connectivity index (χ4v) is 3.54. The summed E-state index contributed by atoms with van der Waals surface area (Å²) in [5.41, 5.74) is 0.894. The third kappa shape index (κ3) is 4.92. The van der Waals surface area contributed by atoms with Gasteiger partial charge in [0, 0.05) is 20.0 Å². The van der Waals surface area contributed by atoms with Crippen LogP contribution < -0.4 is 10.6 Å². The first-order valence-corrected chi connectivity index (χ1v) is 9.30. The topological polar surface area (TPSA) is 78.5 Å². The number of nitrogens with one attached hydrogen (secondary N) is 2. The maximum Gasteiger partial charge on any atom is 0.242 e. The van der Waals surface area contributed by atoms with Crippen LogP contribution in [0.1, 0.15) is 31.4 Å². The lowest BCUT2D eigenvalue weighted by Gasteiger charge is -2.24. The molecule has 1 saturated heterocycles. The Hall–Kier alpha value is -1.15. The number of hydrogen-bond acceptors (Lipinski definition) is 4. The molecular weight excluding hydrogens is 350 g/mol. The van der Waals surface area contributed by atoms with Gasteiger partial charge in [0.15, 0.2) is 0 Å². The molecule has 6 nitrogen and oxygen atoms in total. The molecule has 1 amide bonds. The fourth-order valence-electron chi connectivity index (χ4n) is 2.64. The molecule has 0 aliphatic carbocycles. The maximum atomic E-state index is 12.3. The van der Waals surface area contributed by atoms with E-state index >= 15 is 0 Å². The first kappa shape index (κ1) is 20.9. The summed E-state index contributed by atoms with van der Waals surface area (Å²) in [4.78, 5) is 12.5. The number of halogens is 1. The van der Waals surface area contributed by atoms with Crippen LogP contribution in [0.4, 0.5) is 0 Å². The SMILES string of the molecule is CC(NC(=O)C1CCNCC1)c1ccc(S(=O)(=O)N(C)C)cc1.Cl. The quantitative estimate of drug-likeness (QED) is 0.818. The summed E-state index contributed by atoms with van der Waals surface area (Å²) in [6.45, 7) is 3.67. The Morgan fingerprint density at radius 1 is 1.21 bits per heavy atom. The van der Waals surface area contributed by atoms with Gasteiger partial charge in [0.25, 0.3) is 0 Å². The van der Waals surface area contributed by atoms with Crippen LogP contribution in [0, 0.1) is 5.92 Å². The van der Waals surface area contributed by atoms with E-state index in [1.807, 2.05) is 6.92 Å². The van der Waals surface area contributed by atoms with E-state index in [4.69, 9.17) is 0 Å². The number of hydrogen-bond donors (Lipinski definition) is 2. The molecule has 136 valence electrons. The van der Waals surface area contributed by atoms with Gasteiger partial charge in [-0.15, -0.1) is 12.4 Å². The molecule has 24 heavy (non-hydrogen) atoms. The van der Waals surface area contributed by atoms with Crippen molar-refractivity contribution >= 4 is 28.3 Å². The van der Waals surface area contributed by atoms with E-state index in [1.165, 1.54) is 18.4 Å². The van der Waals surface area contributed by atoms with Gasteiger partial charge in [-0.2, -0.15) is 0 Å². The van der Waals surface area contributed by atoms with Crippen LogP contribution in [0.15, 0.2) is 29.2 Å². The van der Waals surface area contributed by atoms with E-state index < -0.39 is 10.0 Å². The average Bonchev–Trinajstić information content (AvgIpc) is 2.55. The summed E-state index contributed by atoms with van der Waals surface area (Å²) in [5, 5.41) is 6.26. The van der Waals surface area contributed by atoms with Gasteiger partial charge >= 0.3 is 0 Å². The second-order valence-electron chi connectivity index (χ2n) is 6.11. The number of carbonyl (C=O) groups excluding carboxylic acids is 1. The Bertz CT molecular complexity index is 641. The maximum absolute atomic E-state index is 12.3. The monoisotopic (exact) mass is 375 g/mol. The predicted octanol–water partition coefficient (Wildman–Crippen LogP) is 1.54. The largest absolute Gasteiger partial charge is 0.349 e. The number of sulfonamides is 1. The van der Waals surface area contributed by atoms with Crippen molar-refractivity contribution in [1.82, 2.24) is 14.9 Å². The van der Waals surface area contributed by atoms with E-state index in [1.54, 1.807) is 24.3 Å². The predicted molar refractivity (Wildman–Crippen MR) is 96.7 cm³/mol. The second kappa shape index (κ2) is 8.80. The number of carbonyl (C=O) groups is 1. The van der Waals surface area contributed by atoms with Crippen molar-refractivity contribution in [1.29, 1.82) is 0 Å². The number of nitrogens with zero attached hydrogens (tertiary/aromatic N) is 1. The third-order valence-electron chi connectivity index (χ3n) is 4.23. The minimum Gasteiger partial charge on any atom is -0.349 e. The number of amides is 1. The smallest absolute Gasteiger partial charge is 0.242 e. The first-order chi connectivity index (χ1) is 10.8. The Morgan fingerprint density at radius 3 is 2.25 bits per heavy atom. The Morgan fingerprint density at radius 2 is 1.75 bits per heavy atom. The second-order valence-corrected chi connectivity index (χ2v) is 8.26. The van der Waals surface area contributed by atoms with Crippen molar-refractivity contribution in [2.75, 3.05) is 27.2 Å². The highest BCUT2D eigenvalue weighted by Gasteiger charge is 2.23. The van der Waals surface area contributed by atoms with E-state index in [0.717, 1.165) is 31.5 Å². The molecule has 2 rings (SSSR count). The molecule has 2 N–H and O–H groups in total. The van der Waals surface area contributed by atoms with Crippen molar-refractivity contribution in [2.45, 2.75) is 30.7 Å². The highest BCUT2D eigenvalue weighted by atomic mass is 35.5. The first-order valence-electron chi connectivity index (χ1n) is 7.86. The van der Waals surface area contributed by atoms with Crippen LogP contribution in [-0.2, 0) is 14.8 Å². The van der Waals surface area contributed by atoms with E-state index in [9.17, 15) is 13.2 Å².